The Morgan fingerprint density at radius 2 is 1.84 bits per heavy atom. The van der Waals surface area contributed by atoms with E-state index in [4.69, 9.17) is 11.6 Å². The lowest BCUT2D eigenvalue weighted by atomic mass is 10.2. The fourth-order valence-electron chi connectivity index (χ4n) is 3.16. The Balaban J connectivity index is 1.41. The third kappa shape index (κ3) is 6.24. The topological polar surface area (TPSA) is 77.6 Å². The van der Waals surface area contributed by atoms with Crippen LogP contribution in [0, 0.1) is 0 Å². The second kappa shape index (κ2) is 9.86. The Morgan fingerprint density at radius 3 is 2.48 bits per heavy atom. The number of pyridine rings is 1. The number of urea groups is 1. The zero-order valence-electron chi connectivity index (χ0n) is 16.5. The predicted octanol–water partition coefficient (Wildman–Crippen LogP) is 3.61. The van der Waals surface area contributed by atoms with Gasteiger partial charge in [-0.25, -0.2) is 9.78 Å². The number of alkyl halides is 3. The number of rotatable bonds is 5. The molecule has 2 aromatic rings. The van der Waals surface area contributed by atoms with Gasteiger partial charge in [0.05, 0.1) is 10.6 Å². The average Bonchev–Trinajstić information content (AvgIpc) is 2.75. The van der Waals surface area contributed by atoms with Crippen molar-refractivity contribution >= 4 is 35.0 Å². The fraction of sp³-hybridized carbons (Fsp3) is 0.350. The van der Waals surface area contributed by atoms with E-state index in [0.717, 1.165) is 18.0 Å². The monoisotopic (exact) mass is 455 g/mol. The molecule has 2 N–H and O–H groups in total. The molecule has 0 aliphatic carbocycles. The zero-order chi connectivity index (χ0) is 22.4. The molecule has 0 spiro atoms. The highest BCUT2D eigenvalue weighted by molar-refractivity contribution is 6.31. The highest BCUT2D eigenvalue weighted by atomic mass is 35.5. The van der Waals surface area contributed by atoms with Gasteiger partial charge < -0.3 is 20.4 Å². The Hall–Kier alpha value is -3.01. The van der Waals surface area contributed by atoms with Crippen molar-refractivity contribution < 1.29 is 22.8 Å². The third-order valence-corrected chi connectivity index (χ3v) is 5.09. The Bertz CT molecular complexity index is 919. The first-order chi connectivity index (χ1) is 14.7. The molecule has 0 atom stereocenters. The standard InChI is InChI=1S/C20H21ClF3N5O2/c21-16-5-4-14(13-15(16)20(22,23)24)27-19(31)26-8-6-18(30)29-11-9-28(10-12-29)17-3-1-2-7-25-17/h1-5,7,13H,6,8-12H2,(H2,26,27,31). The lowest BCUT2D eigenvalue weighted by Crippen LogP contribution is -2.49. The van der Waals surface area contributed by atoms with Crippen LogP contribution in [0.5, 0.6) is 0 Å². The lowest BCUT2D eigenvalue weighted by Gasteiger charge is -2.35. The third-order valence-electron chi connectivity index (χ3n) is 4.76. The van der Waals surface area contributed by atoms with Crippen molar-refractivity contribution in [1.82, 2.24) is 15.2 Å². The summed E-state index contributed by atoms with van der Waals surface area (Å²) in [7, 11) is 0. The van der Waals surface area contributed by atoms with Crippen LogP contribution < -0.4 is 15.5 Å². The van der Waals surface area contributed by atoms with Crippen molar-refractivity contribution in [3.8, 4) is 0 Å². The van der Waals surface area contributed by atoms with Crippen molar-refractivity contribution in [1.29, 1.82) is 0 Å². The maximum absolute atomic E-state index is 12.9. The van der Waals surface area contributed by atoms with E-state index in [1.807, 2.05) is 18.2 Å². The number of nitrogens with one attached hydrogen (secondary N) is 2. The van der Waals surface area contributed by atoms with Gasteiger partial charge in [0.2, 0.25) is 5.91 Å². The molecule has 7 nitrogen and oxygen atoms in total. The van der Waals surface area contributed by atoms with E-state index in [0.29, 0.717) is 26.2 Å². The van der Waals surface area contributed by atoms with E-state index in [2.05, 4.69) is 20.5 Å². The minimum atomic E-state index is -4.63. The second-order valence-electron chi connectivity index (χ2n) is 6.88. The number of piperazine rings is 1. The summed E-state index contributed by atoms with van der Waals surface area (Å²) in [6.07, 6.45) is -2.82. The molecule has 1 aromatic carbocycles. The van der Waals surface area contributed by atoms with E-state index >= 15 is 0 Å². The summed E-state index contributed by atoms with van der Waals surface area (Å²) < 4.78 is 38.7. The molecular weight excluding hydrogens is 435 g/mol. The molecule has 0 unspecified atom stereocenters. The number of carbonyl (C=O) groups is 2. The van der Waals surface area contributed by atoms with Gasteiger partial charge in [-0.1, -0.05) is 17.7 Å². The number of amides is 3. The van der Waals surface area contributed by atoms with Crippen molar-refractivity contribution in [2.45, 2.75) is 12.6 Å². The van der Waals surface area contributed by atoms with Crippen molar-refractivity contribution in [3.05, 3.63) is 53.2 Å². The van der Waals surface area contributed by atoms with Gasteiger partial charge in [0.25, 0.3) is 0 Å². The van der Waals surface area contributed by atoms with Gasteiger partial charge in [0.1, 0.15) is 5.82 Å². The second-order valence-corrected chi connectivity index (χ2v) is 7.29. The summed E-state index contributed by atoms with van der Waals surface area (Å²) in [5.74, 6) is 0.760. The number of halogens is 4. The first kappa shape index (κ1) is 22.7. The molecule has 1 aliphatic rings. The molecule has 11 heteroatoms. The first-order valence-electron chi connectivity index (χ1n) is 9.59. The number of benzene rings is 1. The van der Waals surface area contributed by atoms with Gasteiger partial charge in [-0.3, -0.25) is 4.79 Å². The van der Waals surface area contributed by atoms with Crippen molar-refractivity contribution in [3.63, 3.8) is 0 Å². The lowest BCUT2D eigenvalue weighted by molar-refractivity contribution is -0.137. The summed E-state index contributed by atoms with van der Waals surface area (Å²) in [6, 6.07) is 8.05. The van der Waals surface area contributed by atoms with Crippen LogP contribution in [0.3, 0.4) is 0 Å². The molecule has 1 saturated heterocycles. The minimum absolute atomic E-state index is 0.0498. The number of nitrogens with zero attached hydrogens (tertiary/aromatic N) is 3. The van der Waals surface area contributed by atoms with Crippen molar-refractivity contribution in [2.24, 2.45) is 0 Å². The van der Waals surface area contributed by atoms with Gasteiger partial charge in [-0.05, 0) is 30.3 Å². The Morgan fingerprint density at radius 1 is 1.10 bits per heavy atom. The molecule has 166 valence electrons. The minimum Gasteiger partial charge on any atom is -0.353 e. The van der Waals surface area contributed by atoms with Crippen LogP contribution in [0.4, 0.5) is 29.5 Å². The summed E-state index contributed by atoms with van der Waals surface area (Å²) in [5.41, 5.74) is -1.09. The summed E-state index contributed by atoms with van der Waals surface area (Å²) in [6.45, 7) is 2.48. The summed E-state index contributed by atoms with van der Waals surface area (Å²) in [4.78, 5) is 32.4. The number of carbonyl (C=O) groups excluding carboxylic acids is 2. The smallest absolute Gasteiger partial charge is 0.353 e. The van der Waals surface area contributed by atoms with Gasteiger partial charge in [0.15, 0.2) is 0 Å². The molecule has 1 fully saturated rings. The van der Waals surface area contributed by atoms with Crippen LogP contribution in [0.15, 0.2) is 42.6 Å². The fourth-order valence-corrected chi connectivity index (χ4v) is 3.39. The molecule has 2 heterocycles. The van der Waals surface area contributed by atoms with Crippen LogP contribution in [-0.4, -0.2) is 54.5 Å². The van der Waals surface area contributed by atoms with E-state index in [1.165, 1.54) is 6.07 Å². The highest BCUT2D eigenvalue weighted by Gasteiger charge is 2.33. The van der Waals surface area contributed by atoms with Crippen molar-refractivity contribution in [2.75, 3.05) is 42.9 Å². The SMILES string of the molecule is O=C(NCCC(=O)N1CCN(c2ccccn2)CC1)Nc1ccc(Cl)c(C(F)(F)F)c1. The maximum Gasteiger partial charge on any atom is 0.417 e. The van der Waals surface area contributed by atoms with Crippen LogP contribution in [-0.2, 0) is 11.0 Å². The number of anilines is 2. The summed E-state index contributed by atoms with van der Waals surface area (Å²) >= 11 is 5.56. The molecular formula is C20H21ClF3N5O2. The Kier molecular flexibility index (Phi) is 7.21. The van der Waals surface area contributed by atoms with Gasteiger partial charge in [-0.15, -0.1) is 0 Å². The van der Waals surface area contributed by atoms with E-state index < -0.39 is 22.8 Å². The predicted molar refractivity (Wildman–Crippen MR) is 111 cm³/mol. The van der Waals surface area contributed by atoms with Gasteiger partial charge in [-0.2, -0.15) is 13.2 Å². The quantitative estimate of drug-likeness (QED) is 0.722. The molecule has 3 amide bonds. The highest BCUT2D eigenvalue weighted by Crippen LogP contribution is 2.36. The van der Waals surface area contributed by atoms with Gasteiger partial charge in [0, 0.05) is 51.0 Å². The molecule has 1 aromatic heterocycles. The first-order valence-corrected chi connectivity index (χ1v) is 9.97. The Labute approximate surface area is 182 Å². The van der Waals surface area contributed by atoms with Crippen LogP contribution in [0.2, 0.25) is 5.02 Å². The normalized spacial score (nSPS) is 14.3. The van der Waals surface area contributed by atoms with Gasteiger partial charge >= 0.3 is 12.2 Å². The number of hydrogen-bond donors (Lipinski definition) is 2. The van der Waals surface area contributed by atoms with E-state index in [1.54, 1.807) is 11.1 Å². The number of hydrogen-bond acceptors (Lipinski definition) is 4. The molecule has 0 bridgehead atoms. The molecule has 1 aliphatic heterocycles. The summed E-state index contributed by atoms with van der Waals surface area (Å²) in [5, 5.41) is 4.34. The maximum atomic E-state index is 12.9. The van der Waals surface area contributed by atoms with Crippen LogP contribution in [0.1, 0.15) is 12.0 Å². The molecule has 0 radical (unpaired) electrons. The number of aromatic nitrogens is 1. The van der Waals surface area contributed by atoms with E-state index in [-0.39, 0.29) is 24.6 Å². The largest absolute Gasteiger partial charge is 0.417 e. The zero-order valence-corrected chi connectivity index (χ0v) is 17.2. The van der Waals surface area contributed by atoms with Crippen LogP contribution >= 0.6 is 11.6 Å². The van der Waals surface area contributed by atoms with E-state index in [9.17, 15) is 22.8 Å². The average molecular weight is 456 g/mol. The van der Waals surface area contributed by atoms with Crippen LogP contribution in [0.25, 0.3) is 0 Å². The molecule has 31 heavy (non-hydrogen) atoms. The molecule has 0 saturated carbocycles. The molecule has 3 rings (SSSR count).